The van der Waals surface area contributed by atoms with Gasteiger partial charge in [0.1, 0.15) is 5.82 Å². The highest BCUT2D eigenvalue weighted by atomic mass is 16.2. The zero-order chi connectivity index (χ0) is 19.8. The zero-order valence-electron chi connectivity index (χ0n) is 17.3. The molecule has 6 nitrogen and oxygen atoms in total. The van der Waals surface area contributed by atoms with Crippen molar-refractivity contribution in [1.29, 1.82) is 0 Å². The van der Waals surface area contributed by atoms with Crippen LogP contribution in [0.15, 0.2) is 6.20 Å². The highest BCUT2D eigenvalue weighted by Crippen LogP contribution is 2.40. The topological polar surface area (TPSA) is 75.2 Å². The van der Waals surface area contributed by atoms with Crippen molar-refractivity contribution < 1.29 is 9.59 Å². The van der Waals surface area contributed by atoms with Crippen molar-refractivity contribution in [2.75, 3.05) is 13.1 Å². The quantitative estimate of drug-likeness (QED) is 0.885. The van der Waals surface area contributed by atoms with Crippen LogP contribution in [0.2, 0.25) is 0 Å². The largest absolute Gasteiger partial charge is 0.348 e. The molecule has 3 rings (SSSR count). The van der Waals surface area contributed by atoms with Gasteiger partial charge < -0.3 is 10.2 Å². The van der Waals surface area contributed by atoms with Crippen molar-refractivity contribution in [1.82, 2.24) is 20.2 Å². The lowest BCUT2D eigenvalue weighted by atomic mass is 9.74. The molecule has 2 heterocycles. The number of fused-ring (bicyclic) bond motifs is 1. The molecule has 148 valence electrons. The van der Waals surface area contributed by atoms with Crippen LogP contribution in [0, 0.1) is 5.41 Å². The predicted molar refractivity (Wildman–Crippen MR) is 104 cm³/mol. The number of piperidine rings is 1. The third-order valence-electron chi connectivity index (χ3n) is 5.44. The first-order valence-electron chi connectivity index (χ1n) is 9.99. The van der Waals surface area contributed by atoms with Crippen molar-refractivity contribution in [3.63, 3.8) is 0 Å². The fourth-order valence-electron chi connectivity index (χ4n) is 3.98. The minimum absolute atomic E-state index is 0.0510. The molecule has 0 bridgehead atoms. The van der Waals surface area contributed by atoms with Gasteiger partial charge in [0.05, 0.1) is 12.6 Å². The molecule has 0 unspecified atom stereocenters. The third kappa shape index (κ3) is 4.66. The molecule has 0 spiro atoms. The molecule has 0 saturated carbocycles. The molecule has 1 saturated heterocycles. The fourth-order valence-corrected chi connectivity index (χ4v) is 3.98. The van der Waals surface area contributed by atoms with E-state index in [9.17, 15) is 9.59 Å². The first-order chi connectivity index (χ1) is 12.5. The second-order valence-electron chi connectivity index (χ2n) is 9.78. The number of hydrogen-bond acceptors (Lipinski definition) is 4. The molecule has 1 aromatic heterocycles. The Bertz CT molecular complexity index is 736. The number of nitrogens with one attached hydrogen (secondary N) is 1. The zero-order valence-corrected chi connectivity index (χ0v) is 17.3. The molecule has 27 heavy (non-hydrogen) atoms. The summed E-state index contributed by atoms with van der Waals surface area (Å²) >= 11 is 0. The molecule has 1 atom stereocenters. The summed E-state index contributed by atoms with van der Waals surface area (Å²) < 4.78 is 0. The molecule has 1 fully saturated rings. The third-order valence-corrected chi connectivity index (χ3v) is 5.44. The Balaban J connectivity index is 1.77. The average molecular weight is 373 g/mol. The van der Waals surface area contributed by atoms with Gasteiger partial charge in [-0.25, -0.2) is 9.97 Å². The Hall–Kier alpha value is -1.98. The van der Waals surface area contributed by atoms with Gasteiger partial charge in [-0.3, -0.25) is 9.59 Å². The van der Waals surface area contributed by atoms with Crippen LogP contribution in [-0.4, -0.2) is 39.8 Å². The molecule has 1 aliphatic heterocycles. The van der Waals surface area contributed by atoms with Gasteiger partial charge in [0.15, 0.2) is 0 Å². The minimum atomic E-state index is -0.107. The lowest BCUT2D eigenvalue weighted by Gasteiger charge is -2.37. The molecular formula is C21H32N4O2. The Morgan fingerprint density at radius 2 is 2.07 bits per heavy atom. The van der Waals surface area contributed by atoms with Crippen molar-refractivity contribution in [3.05, 3.63) is 23.3 Å². The molecular weight excluding hydrogens is 340 g/mol. The Morgan fingerprint density at radius 3 is 2.74 bits per heavy atom. The maximum absolute atomic E-state index is 12.6. The molecule has 2 amide bonds. The highest BCUT2D eigenvalue weighted by Gasteiger charge is 2.35. The van der Waals surface area contributed by atoms with E-state index in [0.29, 0.717) is 13.0 Å². The van der Waals surface area contributed by atoms with Gasteiger partial charge >= 0.3 is 0 Å². The Kier molecular flexibility index (Phi) is 5.28. The first-order valence-corrected chi connectivity index (χ1v) is 9.99. The summed E-state index contributed by atoms with van der Waals surface area (Å²) in [6, 6.07) is -0.106. The van der Waals surface area contributed by atoms with Gasteiger partial charge in [-0.1, -0.05) is 34.6 Å². The van der Waals surface area contributed by atoms with Crippen LogP contribution in [0.3, 0.4) is 0 Å². The first kappa shape index (κ1) is 19.8. The van der Waals surface area contributed by atoms with E-state index < -0.39 is 0 Å². The monoisotopic (exact) mass is 372 g/mol. The molecule has 1 aromatic rings. The summed E-state index contributed by atoms with van der Waals surface area (Å²) in [6.45, 7) is 11.6. The van der Waals surface area contributed by atoms with Crippen molar-refractivity contribution in [3.8, 4) is 0 Å². The smallest absolute Gasteiger partial charge is 0.240 e. The molecule has 0 aromatic carbocycles. The molecule has 1 N–H and O–H groups in total. The summed E-state index contributed by atoms with van der Waals surface area (Å²) in [5, 5.41) is 3.14. The summed E-state index contributed by atoms with van der Waals surface area (Å²) in [6.07, 6.45) is 6.06. The van der Waals surface area contributed by atoms with Gasteiger partial charge in [0.25, 0.3) is 0 Å². The van der Waals surface area contributed by atoms with E-state index in [-0.39, 0.29) is 35.2 Å². The van der Waals surface area contributed by atoms with Gasteiger partial charge in [0.2, 0.25) is 11.8 Å². The van der Waals surface area contributed by atoms with E-state index >= 15 is 0 Å². The summed E-state index contributed by atoms with van der Waals surface area (Å²) in [7, 11) is 0. The van der Waals surface area contributed by atoms with Gasteiger partial charge in [-0.15, -0.1) is 0 Å². The van der Waals surface area contributed by atoms with Gasteiger partial charge in [-0.2, -0.15) is 0 Å². The van der Waals surface area contributed by atoms with Crippen LogP contribution >= 0.6 is 0 Å². The number of aromatic nitrogens is 2. The summed E-state index contributed by atoms with van der Waals surface area (Å²) in [5.41, 5.74) is 1.99. The standard InChI is InChI=1S/C21H32N4O2/c1-20(2,3)19-22-12-14-15(10-21(4,5)11-16(14)24-19)23-17(26)13-25-9-7-6-8-18(25)27/h12,15H,6-11,13H2,1-5H3,(H,23,26)/t15-/m1/s1. The SMILES string of the molecule is CC1(C)Cc2nc(C(C)(C)C)ncc2[C@H](NC(=O)CN2CCCCC2=O)C1. The number of amides is 2. The van der Waals surface area contributed by atoms with E-state index in [0.717, 1.165) is 42.8 Å². The van der Waals surface area contributed by atoms with Crippen LogP contribution in [-0.2, 0) is 21.4 Å². The van der Waals surface area contributed by atoms with E-state index in [1.54, 1.807) is 4.90 Å². The Morgan fingerprint density at radius 1 is 1.33 bits per heavy atom. The van der Waals surface area contributed by atoms with Crippen LogP contribution in [0.1, 0.15) is 83.4 Å². The van der Waals surface area contributed by atoms with Gasteiger partial charge in [0, 0.05) is 35.8 Å². The lowest BCUT2D eigenvalue weighted by Crippen LogP contribution is -2.45. The maximum Gasteiger partial charge on any atom is 0.240 e. The molecule has 2 aliphatic rings. The summed E-state index contributed by atoms with van der Waals surface area (Å²) in [5.74, 6) is 0.820. The van der Waals surface area contributed by atoms with Crippen LogP contribution in [0.25, 0.3) is 0 Å². The van der Waals surface area contributed by atoms with E-state index in [4.69, 9.17) is 4.98 Å². The lowest BCUT2D eigenvalue weighted by molar-refractivity contribution is -0.138. The fraction of sp³-hybridized carbons (Fsp3) is 0.714. The van der Waals surface area contributed by atoms with E-state index in [1.165, 1.54) is 0 Å². The number of hydrogen-bond donors (Lipinski definition) is 1. The average Bonchev–Trinajstić information content (AvgIpc) is 2.54. The van der Waals surface area contributed by atoms with Gasteiger partial charge in [-0.05, 0) is 31.1 Å². The second kappa shape index (κ2) is 7.21. The summed E-state index contributed by atoms with van der Waals surface area (Å²) in [4.78, 5) is 35.7. The predicted octanol–water partition coefficient (Wildman–Crippen LogP) is 2.92. The van der Waals surface area contributed by atoms with Crippen LogP contribution in [0.4, 0.5) is 0 Å². The number of carbonyl (C=O) groups is 2. The molecule has 6 heteroatoms. The number of carbonyl (C=O) groups excluding carboxylic acids is 2. The normalized spacial score (nSPS) is 22.3. The van der Waals surface area contributed by atoms with Crippen molar-refractivity contribution in [2.24, 2.45) is 5.41 Å². The maximum atomic E-state index is 12.6. The van der Waals surface area contributed by atoms with Crippen LogP contribution < -0.4 is 5.32 Å². The molecule has 0 radical (unpaired) electrons. The molecule has 1 aliphatic carbocycles. The second-order valence-corrected chi connectivity index (χ2v) is 9.78. The number of likely N-dealkylation sites (tertiary alicyclic amines) is 1. The van der Waals surface area contributed by atoms with E-state index in [2.05, 4.69) is 44.9 Å². The highest BCUT2D eigenvalue weighted by molar-refractivity contribution is 5.85. The van der Waals surface area contributed by atoms with E-state index in [1.807, 2.05) is 6.20 Å². The Labute approximate surface area is 162 Å². The van der Waals surface area contributed by atoms with Crippen molar-refractivity contribution in [2.45, 2.75) is 78.2 Å². The number of rotatable bonds is 3. The number of nitrogens with zero attached hydrogens (tertiary/aromatic N) is 3. The van der Waals surface area contributed by atoms with Crippen molar-refractivity contribution >= 4 is 11.8 Å². The minimum Gasteiger partial charge on any atom is -0.348 e. The van der Waals surface area contributed by atoms with Crippen LogP contribution in [0.5, 0.6) is 0 Å².